The monoisotopic (exact) mass is 224 g/mol. The molecule has 0 unspecified atom stereocenters. The molecule has 2 aliphatic heterocycles. The van der Waals surface area contributed by atoms with Gasteiger partial charge in [-0.15, -0.1) is 0 Å². The van der Waals surface area contributed by atoms with Gasteiger partial charge in [0.25, 0.3) is 0 Å². The van der Waals surface area contributed by atoms with Crippen molar-refractivity contribution in [1.82, 2.24) is 10.2 Å². The van der Waals surface area contributed by atoms with E-state index >= 15 is 0 Å². The predicted molar refractivity (Wildman–Crippen MR) is 53.9 cm³/mol. The van der Waals surface area contributed by atoms with E-state index in [1.807, 2.05) is 0 Å². The molecule has 5 N–H and O–H groups in total. The van der Waals surface area contributed by atoms with Gasteiger partial charge in [0.05, 0.1) is 6.04 Å². The molecule has 1 fully saturated rings. The lowest BCUT2D eigenvalue weighted by atomic mass is 9.97. The van der Waals surface area contributed by atoms with Crippen LogP contribution in [0.2, 0.25) is 0 Å². The number of amides is 4. The van der Waals surface area contributed by atoms with E-state index in [-0.39, 0.29) is 18.5 Å². The average molecular weight is 224 g/mol. The van der Waals surface area contributed by atoms with Gasteiger partial charge in [-0.3, -0.25) is 9.59 Å². The number of carbonyl (C=O) groups excluding carboxylic acids is 3. The molecule has 2 bridgehead atoms. The lowest BCUT2D eigenvalue weighted by Crippen LogP contribution is -2.46. The second-order valence-corrected chi connectivity index (χ2v) is 3.89. The van der Waals surface area contributed by atoms with Crippen molar-refractivity contribution < 1.29 is 14.4 Å². The van der Waals surface area contributed by atoms with E-state index in [1.54, 1.807) is 6.08 Å². The van der Waals surface area contributed by atoms with Crippen LogP contribution in [0.4, 0.5) is 4.79 Å². The van der Waals surface area contributed by atoms with Crippen molar-refractivity contribution in [3.63, 3.8) is 0 Å². The van der Waals surface area contributed by atoms with Gasteiger partial charge in [-0.2, -0.15) is 0 Å². The predicted octanol–water partition coefficient (Wildman–Crippen LogP) is -1.95. The maximum Gasteiger partial charge on any atom is 0.318 e. The zero-order valence-electron chi connectivity index (χ0n) is 8.47. The summed E-state index contributed by atoms with van der Waals surface area (Å²) in [6.45, 7) is 0.353. The maximum atomic E-state index is 11.5. The molecular formula is C9H12N4O3. The Labute approximate surface area is 91.4 Å². The summed E-state index contributed by atoms with van der Waals surface area (Å²) in [6.07, 6.45) is 1.57. The minimum atomic E-state index is -0.784. The Hall–Kier alpha value is -2.05. The molecule has 7 nitrogen and oxygen atoms in total. The van der Waals surface area contributed by atoms with E-state index in [9.17, 15) is 14.4 Å². The molecule has 0 aromatic carbocycles. The molecule has 0 radical (unpaired) electrons. The third kappa shape index (κ3) is 1.60. The van der Waals surface area contributed by atoms with Crippen molar-refractivity contribution in [2.45, 2.75) is 18.5 Å². The molecule has 0 aromatic rings. The highest BCUT2D eigenvalue weighted by Gasteiger charge is 2.41. The van der Waals surface area contributed by atoms with E-state index in [0.29, 0.717) is 12.1 Å². The van der Waals surface area contributed by atoms with Crippen molar-refractivity contribution in [3.05, 3.63) is 11.6 Å². The van der Waals surface area contributed by atoms with Crippen LogP contribution in [0, 0.1) is 0 Å². The van der Waals surface area contributed by atoms with Gasteiger partial charge in [-0.1, -0.05) is 6.08 Å². The highest BCUT2D eigenvalue weighted by Crippen LogP contribution is 2.24. The van der Waals surface area contributed by atoms with E-state index in [1.165, 1.54) is 4.90 Å². The van der Waals surface area contributed by atoms with Gasteiger partial charge in [0.1, 0.15) is 6.04 Å². The van der Waals surface area contributed by atoms with E-state index in [0.717, 1.165) is 0 Å². The standard InChI is InChI=1S/C9H12N4O3/c10-7(14)2-4-1-6(8(11)15)13-3-5(4)12-9(13)16/h1,5-6H,2-3H2,(H2,10,14)(H2,11,15)(H,12,16)/t5-,6-/m0/s1. The Morgan fingerprint density at radius 1 is 1.50 bits per heavy atom. The van der Waals surface area contributed by atoms with Gasteiger partial charge in [0, 0.05) is 13.0 Å². The third-order valence-electron chi connectivity index (χ3n) is 2.76. The molecule has 2 rings (SSSR count). The summed E-state index contributed by atoms with van der Waals surface area (Å²) in [5.74, 6) is -1.11. The second kappa shape index (κ2) is 3.51. The first-order chi connectivity index (χ1) is 7.49. The molecular weight excluding hydrogens is 212 g/mol. The van der Waals surface area contributed by atoms with Crippen LogP contribution < -0.4 is 16.8 Å². The van der Waals surface area contributed by atoms with Gasteiger partial charge in [0.15, 0.2) is 0 Å². The summed E-state index contributed by atoms with van der Waals surface area (Å²) in [7, 11) is 0. The van der Waals surface area contributed by atoms with Crippen molar-refractivity contribution in [1.29, 1.82) is 0 Å². The SMILES string of the molecule is NC(=O)CC1=C[C@@H](C(N)=O)N2C[C@@H]1NC2=O. The average Bonchev–Trinajstić information content (AvgIpc) is 2.48. The van der Waals surface area contributed by atoms with E-state index in [4.69, 9.17) is 11.5 Å². The van der Waals surface area contributed by atoms with Crippen LogP contribution >= 0.6 is 0 Å². The first-order valence-electron chi connectivity index (χ1n) is 4.84. The molecule has 2 atom stereocenters. The Morgan fingerprint density at radius 3 is 2.75 bits per heavy atom. The minimum absolute atomic E-state index is 0.0303. The van der Waals surface area contributed by atoms with Crippen LogP contribution in [0.1, 0.15) is 6.42 Å². The summed E-state index contributed by atoms with van der Waals surface area (Å²) >= 11 is 0. The Morgan fingerprint density at radius 2 is 2.19 bits per heavy atom. The molecule has 16 heavy (non-hydrogen) atoms. The summed E-state index contributed by atoms with van der Waals surface area (Å²) in [4.78, 5) is 34.8. The number of hydrogen-bond acceptors (Lipinski definition) is 3. The fourth-order valence-electron chi connectivity index (χ4n) is 2.03. The molecule has 2 heterocycles. The number of hydrogen-bond donors (Lipinski definition) is 3. The van der Waals surface area contributed by atoms with Gasteiger partial charge >= 0.3 is 6.03 Å². The third-order valence-corrected chi connectivity index (χ3v) is 2.76. The zero-order chi connectivity index (χ0) is 11.9. The number of nitrogens with two attached hydrogens (primary N) is 2. The van der Waals surface area contributed by atoms with Crippen LogP contribution in [0.25, 0.3) is 0 Å². The molecule has 1 saturated heterocycles. The lowest BCUT2D eigenvalue weighted by molar-refractivity contribution is -0.121. The fourth-order valence-corrected chi connectivity index (χ4v) is 2.03. The topological polar surface area (TPSA) is 119 Å². The van der Waals surface area contributed by atoms with E-state index in [2.05, 4.69) is 5.32 Å². The molecule has 0 aliphatic carbocycles. The Kier molecular flexibility index (Phi) is 2.30. The van der Waals surface area contributed by atoms with Crippen LogP contribution in [0.5, 0.6) is 0 Å². The van der Waals surface area contributed by atoms with Gasteiger partial charge in [-0.05, 0) is 5.57 Å². The highest BCUT2D eigenvalue weighted by molar-refractivity contribution is 5.91. The molecule has 4 amide bonds. The van der Waals surface area contributed by atoms with Crippen LogP contribution in [0.15, 0.2) is 11.6 Å². The number of fused-ring (bicyclic) bond motifs is 2. The summed E-state index contributed by atoms with van der Waals surface area (Å²) < 4.78 is 0. The number of rotatable bonds is 3. The smallest absolute Gasteiger partial charge is 0.318 e. The molecule has 0 saturated carbocycles. The van der Waals surface area contributed by atoms with Crippen molar-refractivity contribution in [2.75, 3.05) is 6.54 Å². The fraction of sp³-hybridized carbons (Fsp3) is 0.444. The summed E-state index contributed by atoms with van der Waals surface area (Å²) in [6, 6.07) is -1.37. The Balaban J connectivity index is 2.29. The summed E-state index contributed by atoms with van der Waals surface area (Å²) in [5, 5.41) is 2.66. The van der Waals surface area contributed by atoms with Crippen LogP contribution in [-0.4, -0.2) is 41.4 Å². The lowest BCUT2D eigenvalue weighted by Gasteiger charge is -2.26. The normalized spacial score (nSPS) is 27.4. The molecule has 7 heteroatoms. The molecule has 2 aliphatic rings. The Bertz CT molecular complexity index is 404. The number of carbonyl (C=O) groups is 3. The van der Waals surface area contributed by atoms with Crippen LogP contribution in [-0.2, 0) is 9.59 Å². The first-order valence-corrected chi connectivity index (χ1v) is 4.84. The van der Waals surface area contributed by atoms with Crippen molar-refractivity contribution in [2.24, 2.45) is 11.5 Å². The van der Waals surface area contributed by atoms with Gasteiger partial charge < -0.3 is 21.7 Å². The molecule has 0 spiro atoms. The number of nitrogens with one attached hydrogen (secondary N) is 1. The number of primary amides is 2. The minimum Gasteiger partial charge on any atom is -0.369 e. The number of nitrogens with zero attached hydrogens (tertiary/aromatic N) is 1. The van der Waals surface area contributed by atoms with Gasteiger partial charge in [-0.25, -0.2) is 4.79 Å². The number of urea groups is 1. The van der Waals surface area contributed by atoms with Crippen molar-refractivity contribution >= 4 is 17.8 Å². The zero-order valence-corrected chi connectivity index (χ0v) is 8.47. The van der Waals surface area contributed by atoms with E-state index < -0.39 is 17.9 Å². The largest absolute Gasteiger partial charge is 0.369 e. The first kappa shape index (κ1) is 10.5. The van der Waals surface area contributed by atoms with Gasteiger partial charge in [0.2, 0.25) is 11.8 Å². The second-order valence-electron chi connectivity index (χ2n) is 3.89. The van der Waals surface area contributed by atoms with Crippen LogP contribution in [0.3, 0.4) is 0 Å². The summed E-state index contributed by atoms with van der Waals surface area (Å²) in [5.41, 5.74) is 10.9. The maximum absolute atomic E-state index is 11.5. The highest BCUT2D eigenvalue weighted by atomic mass is 16.2. The quantitative estimate of drug-likeness (QED) is 0.483. The molecule has 0 aromatic heterocycles. The molecule has 86 valence electrons. The van der Waals surface area contributed by atoms with Crippen molar-refractivity contribution in [3.8, 4) is 0 Å².